The Balaban J connectivity index is 2.23. The molecule has 2 N–H and O–H groups in total. The average molecular weight is 351 g/mol. The molecular formula is C18H16F3NO3. The highest BCUT2D eigenvalue weighted by Gasteiger charge is 2.25. The zero-order valence-corrected chi connectivity index (χ0v) is 13.6. The molecule has 0 fully saturated rings. The number of aryl methyl sites for hydroxylation is 2. The molecule has 1 amide bonds. The molecule has 1 atom stereocenters. The summed E-state index contributed by atoms with van der Waals surface area (Å²) in [6, 6.07) is 4.62. The van der Waals surface area contributed by atoms with Crippen molar-refractivity contribution in [1.82, 2.24) is 5.32 Å². The molecule has 0 aliphatic heterocycles. The second-order valence-electron chi connectivity index (χ2n) is 5.73. The number of rotatable bonds is 5. The van der Waals surface area contributed by atoms with Crippen LogP contribution in [0, 0.1) is 31.3 Å². The van der Waals surface area contributed by atoms with Gasteiger partial charge in [-0.05, 0) is 30.5 Å². The second-order valence-corrected chi connectivity index (χ2v) is 5.73. The topological polar surface area (TPSA) is 66.4 Å². The molecule has 0 aromatic heterocycles. The summed E-state index contributed by atoms with van der Waals surface area (Å²) in [6.07, 6.45) is -0.0629. The molecule has 0 radical (unpaired) electrons. The second kappa shape index (κ2) is 7.38. The van der Waals surface area contributed by atoms with Crippen LogP contribution in [0.3, 0.4) is 0 Å². The molecule has 0 saturated carbocycles. The first kappa shape index (κ1) is 18.5. The fourth-order valence-electron chi connectivity index (χ4n) is 2.36. The van der Waals surface area contributed by atoms with Gasteiger partial charge in [0.15, 0.2) is 0 Å². The Morgan fingerprint density at radius 2 is 1.64 bits per heavy atom. The van der Waals surface area contributed by atoms with E-state index in [4.69, 9.17) is 0 Å². The summed E-state index contributed by atoms with van der Waals surface area (Å²) in [6.45, 7) is 3.76. The number of hydrogen-bond acceptors (Lipinski definition) is 2. The van der Waals surface area contributed by atoms with Crippen LogP contribution in [-0.4, -0.2) is 23.0 Å². The molecule has 0 saturated heterocycles. The van der Waals surface area contributed by atoms with E-state index in [9.17, 15) is 27.9 Å². The van der Waals surface area contributed by atoms with Crippen molar-refractivity contribution in [2.75, 3.05) is 0 Å². The molecule has 0 unspecified atom stereocenters. The summed E-state index contributed by atoms with van der Waals surface area (Å²) in [5.74, 6) is -6.58. The van der Waals surface area contributed by atoms with Gasteiger partial charge in [0.2, 0.25) is 0 Å². The zero-order valence-electron chi connectivity index (χ0n) is 13.6. The molecule has 0 aliphatic rings. The molecular weight excluding hydrogens is 335 g/mol. The standard InChI is InChI=1S/C18H16F3NO3/c1-9-3-4-11(5-10(9)2)6-15(18(24)25)22-17(23)16-13(20)7-12(19)8-14(16)21/h3-5,7-8,15H,6H2,1-2H3,(H,22,23)(H,24,25)/t15-/m1/s1. The Bertz CT molecular complexity index is 813. The fourth-order valence-corrected chi connectivity index (χ4v) is 2.36. The minimum Gasteiger partial charge on any atom is -0.480 e. The highest BCUT2D eigenvalue weighted by atomic mass is 19.1. The monoisotopic (exact) mass is 351 g/mol. The third-order valence-corrected chi connectivity index (χ3v) is 3.85. The molecule has 0 heterocycles. The van der Waals surface area contributed by atoms with Gasteiger partial charge in [0.05, 0.1) is 0 Å². The summed E-state index contributed by atoms with van der Waals surface area (Å²) < 4.78 is 40.2. The minimum atomic E-state index is -1.40. The maximum Gasteiger partial charge on any atom is 0.326 e. The maximum absolute atomic E-state index is 13.6. The number of carboxylic acid groups (broad SMARTS) is 1. The van der Waals surface area contributed by atoms with Gasteiger partial charge in [-0.3, -0.25) is 4.79 Å². The van der Waals surface area contributed by atoms with E-state index in [0.29, 0.717) is 17.7 Å². The van der Waals surface area contributed by atoms with E-state index >= 15 is 0 Å². The van der Waals surface area contributed by atoms with E-state index in [2.05, 4.69) is 5.32 Å². The lowest BCUT2D eigenvalue weighted by Crippen LogP contribution is -2.43. The van der Waals surface area contributed by atoms with Crippen LogP contribution >= 0.6 is 0 Å². The molecule has 4 nitrogen and oxygen atoms in total. The maximum atomic E-state index is 13.6. The largest absolute Gasteiger partial charge is 0.480 e. The first-order valence-electron chi connectivity index (χ1n) is 7.43. The van der Waals surface area contributed by atoms with Gasteiger partial charge >= 0.3 is 5.97 Å². The highest BCUT2D eigenvalue weighted by molar-refractivity contribution is 5.97. The van der Waals surface area contributed by atoms with Gasteiger partial charge in [-0.15, -0.1) is 0 Å². The molecule has 2 rings (SSSR count). The SMILES string of the molecule is Cc1ccc(C[C@@H](NC(=O)c2c(F)cc(F)cc2F)C(=O)O)cc1C. The van der Waals surface area contributed by atoms with Gasteiger partial charge < -0.3 is 10.4 Å². The number of halogens is 3. The molecule has 2 aromatic carbocycles. The van der Waals surface area contributed by atoms with Crippen LogP contribution in [0.4, 0.5) is 13.2 Å². The van der Waals surface area contributed by atoms with Crippen molar-refractivity contribution in [1.29, 1.82) is 0 Å². The molecule has 0 spiro atoms. The van der Waals surface area contributed by atoms with Crippen molar-refractivity contribution in [3.8, 4) is 0 Å². The van der Waals surface area contributed by atoms with Crippen molar-refractivity contribution in [2.45, 2.75) is 26.3 Å². The Hall–Kier alpha value is -2.83. The Kier molecular flexibility index (Phi) is 5.46. The van der Waals surface area contributed by atoms with E-state index in [1.54, 1.807) is 12.1 Å². The number of carboxylic acids is 1. The molecule has 2 aromatic rings. The van der Waals surface area contributed by atoms with Crippen LogP contribution in [0.15, 0.2) is 30.3 Å². The van der Waals surface area contributed by atoms with E-state index < -0.39 is 40.9 Å². The Labute approximate surface area is 142 Å². The van der Waals surface area contributed by atoms with E-state index in [1.165, 1.54) is 0 Å². The van der Waals surface area contributed by atoms with Crippen molar-refractivity contribution in [2.24, 2.45) is 0 Å². The van der Waals surface area contributed by atoms with Gasteiger partial charge in [0, 0.05) is 18.6 Å². The molecule has 0 aliphatic carbocycles. The molecule has 25 heavy (non-hydrogen) atoms. The van der Waals surface area contributed by atoms with Crippen LogP contribution in [0.1, 0.15) is 27.0 Å². The molecule has 132 valence electrons. The van der Waals surface area contributed by atoms with Gasteiger partial charge in [0.1, 0.15) is 29.1 Å². The van der Waals surface area contributed by atoms with Crippen LogP contribution in [0.25, 0.3) is 0 Å². The number of hydrogen-bond donors (Lipinski definition) is 2. The number of amides is 1. The minimum absolute atomic E-state index is 0.0629. The Morgan fingerprint density at radius 1 is 1.04 bits per heavy atom. The normalized spacial score (nSPS) is 11.9. The number of benzene rings is 2. The number of aliphatic carboxylic acids is 1. The third kappa shape index (κ3) is 4.37. The predicted octanol–water partition coefficient (Wildman–Crippen LogP) is 3.15. The van der Waals surface area contributed by atoms with E-state index in [-0.39, 0.29) is 6.42 Å². The summed E-state index contributed by atoms with van der Waals surface area (Å²) in [4.78, 5) is 23.4. The van der Waals surface area contributed by atoms with Crippen molar-refractivity contribution in [3.63, 3.8) is 0 Å². The van der Waals surface area contributed by atoms with Crippen LogP contribution in [0.2, 0.25) is 0 Å². The summed E-state index contributed by atoms with van der Waals surface area (Å²) in [7, 11) is 0. The quantitative estimate of drug-likeness (QED) is 0.870. The van der Waals surface area contributed by atoms with Gasteiger partial charge in [0.25, 0.3) is 5.91 Å². The first-order valence-corrected chi connectivity index (χ1v) is 7.43. The van der Waals surface area contributed by atoms with Crippen LogP contribution in [-0.2, 0) is 11.2 Å². The lowest BCUT2D eigenvalue weighted by Gasteiger charge is -2.16. The van der Waals surface area contributed by atoms with Crippen molar-refractivity contribution in [3.05, 3.63) is 70.0 Å². The van der Waals surface area contributed by atoms with Crippen molar-refractivity contribution >= 4 is 11.9 Å². The predicted molar refractivity (Wildman–Crippen MR) is 84.8 cm³/mol. The fraction of sp³-hybridized carbons (Fsp3) is 0.222. The van der Waals surface area contributed by atoms with Crippen LogP contribution < -0.4 is 5.32 Å². The number of carbonyl (C=O) groups excluding carboxylic acids is 1. The summed E-state index contributed by atoms with van der Waals surface area (Å²) in [5, 5.41) is 11.4. The molecule has 7 heteroatoms. The summed E-state index contributed by atoms with van der Waals surface area (Å²) >= 11 is 0. The van der Waals surface area contributed by atoms with Gasteiger partial charge in [-0.25, -0.2) is 18.0 Å². The van der Waals surface area contributed by atoms with Gasteiger partial charge in [-0.2, -0.15) is 0 Å². The smallest absolute Gasteiger partial charge is 0.326 e. The lowest BCUT2D eigenvalue weighted by atomic mass is 10.0. The Morgan fingerprint density at radius 3 is 2.16 bits per heavy atom. The van der Waals surface area contributed by atoms with E-state index in [1.807, 2.05) is 19.9 Å². The molecule has 0 bridgehead atoms. The first-order chi connectivity index (χ1) is 11.7. The lowest BCUT2D eigenvalue weighted by molar-refractivity contribution is -0.139. The number of carbonyl (C=O) groups is 2. The van der Waals surface area contributed by atoms with Gasteiger partial charge in [-0.1, -0.05) is 18.2 Å². The van der Waals surface area contributed by atoms with Crippen molar-refractivity contribution < 1.29 is 27.9 Å². The average Bonchev–Trinajstić information content (AvgIpc) is 2.49. The van der Waals surface area contributed by atoms with E-state index in [0.717, 1.165) is 11.1 Å². The van der Waals surface area contributed by atoms with Crippen LogP contribution in [0.5, 0.6) is 0 Å². The highest BCUT2D eigenvalue weighted by Crippen LogP contribution is 2.16. The summed E-state index contributed by atoms with van der Waals surface area (Å²) in [5.41, 5.74) is 1.60. The third-order valence-electron chi connectivity index (χ3n) is 3.85. The zero-order chi connectivity index (χ0) is 18.7. The number of nitrogens with one attached hydrogen (secondary N) is 1.